The number of hydrazone groups is 1. The number of rotatable bonds is 8. The van der Waals surface area contributed by atoms with Gasteiger partial charge in [0.15, 0.2) is 0 Å². The van der Waals surface area contributed by atoms with Crippen LogP contribution in [0, 0.1) is 0 Å². The van der Waals surface area contributed by atoms with Gasteiger partial charge in [-0.2, -0.15) is 5.10 Å². The molecule has 0 radical (unpaired) electrons. The van der Waals surface area contributed by atoms with Crippen molar-refractivity contribution in [3.8, 4) is 0 Å². The van der Waals surface area contributed by atoms with Gasteiger partial charge in [0.1, 0.15) is 0 Å². The molecule has 1 aromatic rings. The molecule has 1 N–H and O–H groups in total. The Bertz CT molecular complexity index is 689. The lowest BCUT2D eigenvalue weighted by Gasteiger charge is -2.33. The van der Waals surface area contributed by atoms with E-state index in [1.165, 1.54) is 30.8 Å². The fourth-order valence-electron chi connectivity index (χ4n) is 3.91. The first-order valence-electron chi connectivity index (χ1n) is 10.6. The van der Waals surface area contributed by atoms with Crippen LogP contribution in [-0.4, -0.2) is 59.7 Å². The quantitative estimate of drug-likeness (QED) is 0.701. The Labute approximate surface area is 168 Å². The van der Waals surface area contributed by atoms with Gasteiger partial charge in [-0.1, -0.05) is 36.8 Å². The molecule has 0 aliphatic carbocycles. The molecule has 1 atom stereocenters. The molecule has 2 amide bonds. The average Bonchev–Trinajstić information content (AvgIpc) is 3.22. The van der Waals surface area contributed by atoms with Crippen molar-refractivity contribution >= 4 is 17.5 Å². The summed E-state index contributed by atoms with van der Waals surface area (Å²) in [7, 11) is 0. The number of benzene rings is 1. The minimum absolute atomic E-state index is 0.0495. The Morgan fingerprint density at radius 2 is 1.96 bits per heavy atom. The normalized spacial score (nSPS) is 20.1. The Morgan fingerprint density at radius 3 is 2.75 bits per heavy atom. The maximum Gasteiger partial charge on any atom is 0.243 e. The zero-order valence-electron chi connectivity index (χ0n) is 16.9. The van der Waals surface area contributed by atoms with Crippen LogP contribution in [0.3, 0.4) is 0 Å². The van der Waals surface area contributed by atoms with E-state index in [0.717, 1.165) is 30.7 Å². The van der Waals surface area contributed by atoms with Crippen LogP contribution >= 0.6 is 0 Å². The molecule has 28 heavy (non-hydrogen) atoms. The number of likely N-dealkylation sites (tertiary alicyclic amines) is 1. The molecule has 1 aromatic carbocycles. The predicted octanol–water partition coefficient (Wildman–Crippen LogP) is 2.78. The maximum atomic E-state index is 12.3. The van der Waals surface area contributed by atoms with Crippen molar-refractivity contribution in [2.75, 3.05) is 26.2 Å². The predicted molar refractivity (Wildman–Crippen MR) is 111 cm³/mol. The molecule has 152 valence electrons. The van der Waals surface area contributed by atoms with Gasteiger partial charge < -0.3 is 10.2 Å². The highest BCUT2D eigenvalue weighted by Crippen LogP contribution is 2.16. The van der Waals surface area contributed by atoms with Gasteiger partial charge in [-0.25, -0.2) is 5.01 Å². The number of piperidine rings is 1. The largest absolute Gasteiger partial charge is 0.356 e. The van der Waals surface area contributed by atoms with Crippen molar-refractivity contribution in [2.45, 2.75) is 57.9 Å². The second-order valence-corrected chi connectivity index (χ2v) is 7.76. The molecule has 2 aliphatic heterocycles. The smallest absolute Gasteiger partial charge is 0.243 e. The molecule has 2 heterocycles. The summed E-state index contributed by atoms with van der Waals surface area (Å²) >= 11 is 0. The highest BCUT2D eigenvalue weighted by Gasteiger charge is 2.22. The number of nitrogens with zero attached hydrogens (tertiary/aromatic N) is 3. The molecule has 1 unspecified atom stereocenters. The number of amides is 2. The molecule has 0 aromatic heterocycles. The molecule has 3 rings (SSSR count). The number of hydrogen-bond donors (Lipinski definition) is 1. The third-order valence-electron chi connectivity index (χ3n) is 5.65. The molecule has 1 saturated heterocycles. The van der Waals surface area contributed by atoms with Crippen molar-refractivity contribution in [3.05, 3.63) is 35.9 Å². The van der Waals surface area contributed by atoms with E-state index >= 15 is 0 Å². The van der Waals surface area contributed by atoms with E-state index in [-0.39, 0.29) is 24.7 Å². The maximum absolute atomic E-state index is 12.3. The summed E-state index contributed by atoms with van der Waals surface area (Å²) in [5.74, 6) is -0.130. The number of nitrogens with one attached hydrogen (secondary N) is 1. The molecule has 1 fully saturated rings. The van der Waals surface area contributed by atoms with Crippen molar-refractivity contribution in [3.63, 3.8) is 0 Å². The van der Waals surface area contributed by atoms with E-state index in [0.29, 0.717) is 19.1 Å². The van der Waals surface area contributed by atoms with Crippen molar-refractivity contribution in [1.82, 2.24) is 15.2 Å². The van der Waals surface area contributed by atoms with Gasteiger partial charge in [-0.15, -0.1) is 0 Å². The van der Waals surface area contributed by atoms with E-state index in [4.69, 9.17) is 0 Å². The lowest BCUT2D eigenvalue weighted by atomic mass is 10.0. The first-order chi connectivity index (χ1) is 13.6. The standard InChI is InChI=1S/C22H32N4O2/c1-18-8-5-6-15-25(18)16-7-14-23-21(27)11-12-22(28)26-17-13-20(24-26)19-9-3-2-4-10-19/h2-4,9-10,18H,5-8,11-17H2,1H3,(H,23,27). The van der Waals surface area contributed by atoms with Gasteiger partial charge in [0.25, 0.3) is 0 Å². The summed E-state index contributed by atoms with van der Waals surface area (Å²) in [5.41, 5.74) is 1.99. The van der Waals surface area contributed by atoms with Gasteiger partial charge in [0.2, 0.25) is 11.8 Å². The number of hydrogen-bond acceptors (Lipinski definition) is 4. The monoisotopic (exact) mass is 384 g/mol. The van der Waals surface area contributed by atoms with Crippen LogP contribution in [0.15, 0.2) is 35.4 Å². The van der Waals surface area contributed by atoms with Crippen LogP contribution < -0.4 is 5.32 Å². The molecule has 2 aliphatic rings. The lowest BCUT2D eigenvalue weighted by molar-refractivity contribution is -0.133. The van der Waals surface area contributed by atoms with Crippen LogP contribution in [0.1, 0.15) is 57.4 Å². The molecule has 6 heteroatoms. The SMILES string of the molecule is CC1CCCCN1CCCNC(=O)CCC(=O)N1CCC(c2ccccc2)=N1. The Hall–Kier alpha value is -2.21. The molecular formula is C22H32N4O2. The minimum Gasteiger partial charge on any atom is -0.356 e. The van der Waals surface area contributed by atoms with Crippen molar-refractivity contribution in [1.29, 1.82) is 0 Å². The second-order valence-electron chi connectivity index (χ2n) is 7.76. The minimum atomic E-state index is -0.0803. The number of carbonyl (C=O) groups excluding carboxylic acids is 2. The zero-order valence-corrected chi connectivity index (χ0v) is 16.9. The van der Waals surface area contributed by atoms with E-state index in [1.807, 2.05) is 30.3 Å². The summed E-state index contributed by atoms with van der Waals surface area (Å²) in [4.78, 5) is 26.9. The first kappa shape index (κ1) is 20.5. The second kappa shape index (κ2) is 10.4. The summed E-state index contributed by atoms with van der Waals surface area (Å²) in [5, 5.41) is 8.89. The summed E-state index contributed by atoms with van der Waals surface area (Å²) in [6.07, 6.45) is 6.05. The molecule has 0 bridgehead atoms. The Morgan fingerprint density at radius 1 is 1.14 bits per heavy atom. The molecule has 0 spiro atoms. The third-order valence-corrected chi connectivity index (χ3v) is 5.65. The fraction of sp³-hybridized carbons (Fsp3) is 0.591. The third kappa shape index (κ3) is 5.89. The van der Waals surface area contributed by atoms with E-state index in [9.17, 15) is 9.59 Å². The summed E-state index contributed by atoms with van der Waals surface area (Å²) in [6, 6.07) is 10.6. The highest BCUT2D eigenvalue weighted by atomic mass is 16.2. The lowest BCUT2D eigenvalue weighted by Crippen LogP contribution is -2.39. The van der Waals surface area contributed by atoms with Crippen LogP contribution in [0.2, 0.25) is 0 Å². The Kier molecular flexibility index (Phi) is 7.60. The Balaban J connectivity index is 1.32. The van der Waals surface area contributed by atoms with E-state index < -0.39 is 0 Å². The van der Waals surface area contributed by atoms with Gasteiger partial charge >= 0.3 is 0 Å². The van der Waals surface area contributed by atoms with Gasteiger partial charge in [0.05, 0.1) is 12.3 Å². The number of carbonyl (C=O) groups is 2. The van der Waals surface area contributed by atoms with Crippen LogP contribution in [0.4, 0.5) is 0 Å². The molecule has 0 saturated carbocycles. The van der Waals surface area contributed by atoms with Crippen LogP contribution in [0.5, 0.6) is 0 Å². The summed E-state index contributed by atoms with van der Waals surface area (Å²) in [6.45, 7) is 5.76. The average molecular weight is 385 g/mol. The first-order valence-corrected chi connectivity index (χ1v) is 10.6. The zero-order chi connectivity index (χ0) is 19.8. The van der Waals surface area contributed by atoms with Crippen molar-refractivity contribution < 1.29 is 9.59 Å². The van der Waals surface area contributed by atoms with Gasteiger partial charge in [-0.05, 0) is 38.3 Å². The summed E-state index contributed by atoms with van der Waals surface area (Å²) < 4.78 is 0. The highest BCUT2D eigenvalue weighted by molar-refractivity contribution is 6.02. The van der Waals surface area contributed by atoms with E-state index in [1.54, 1.807) is 0 Å². The van der Waals surface area contributed by atoms with Crippen LogP contribution in [-0.2, 0) is 9.59 Å². The molecule has 6 nitrogen and oxygen atoms in total. The van der Waals surface area contributed by atoms with Crippen molar-refractivity contribution in [2.24, 2.45) is 5.10 Å². The topological polar surface area (TPSA) is 65.0 Å². The molecular weight excluding hydrogens is 352 g/mol. The van der Waals surface area contributed by atoms with Gasteiger partial charge in [-0.3, -0.25) is 9.59 Å². The van der Waals surface area contributed by atoms with E-state index in [2.05, 4.69) is 22.2 Å². The van der Waals surface area contributed by atoms with Crippen LogP contribution in [0.25, 0.3) is 0 Å². The fourth-order valence-corrected chi connectivity index (χ4v) is 3.91. The van der Waals surface area contributed by atoms with Gasteiger partial charge in [0, 0.05) is 38.4 Å².